The second kappa shape index (κ2) is 9.08. The van der Waals surface area contributed by atoms with Crippen molar-refractivity contribution in [3.8, 4) is 0 Å². The fraction of sp³-hybridized carbons (Fsp3) is 0.767. The third-order valence-corrected chi connectivity index (χ3v) is 10.2. The first-order valence-corrected chi connectivity index (χ1v) is 14.0. The van der Waals surface area contributed by atoms with Crippen molar-refractivity contribution < 1.29 is 38.4 Å². The highest BCUT2D eigenvalue weighted by Crippen LogP contribution is 2.58. The molecule has 4 saturated heterocycles. The number of hydrogen-bond donors (Lipinski definition) is 1. The number of ether oxygens (including phenoxy) is 4. The maximum atomic E-state index is 13.3. The summed E-state index contributed by atoms with van der Waals surface area (Å²) in [6, 6.07) is 0. The topological polar surface area (TPSA) is 108 Å². The van der Waals surface area contributed by atoms with Gasteiger partial charge in [-0.15, -0.1) is 0 Å². The van der Waals surface area contributed by atoms with E-state index in [0.717, 1.165) is 37.7 Å². The van der Waals surface area contributed by atoms with Crippen LogP contribution in [0.5, 0.6) is 0 Å². The van der Waals surface area contributed by atoms with Crippen LogP contribution in [-0.4, -0.2) is 58.6 Å². The van der Waals surface area contributed by atoms with Gasteiger partial charge in [0.05, 0.1) is 6.61 Å². The number of Topliss-reactive ketones (excluding diaryl/α,β-unsaturated/α-hetero) is 2. The van der Waals surface area contributed by atoms with Crippen molar-refractivity contribution in [2.75, 3.05) is 13.2 Å². The minimum atomic E-state index is -2.01. The molecular formula is C30H42O8. The summed E-state index contributed by atoms with van der Waals surface area (Å²) in [5, 5.41) is 11.1. The molecule has 5 heterocycles. The minimum Gasteiger partial charge on any atom is -0.458 e. The zero-order valence-electron chi connectivity index (χ0n) is 23.4. The monoisotopic (exact) mass is 530 g/mol. The van der Waals surface area contributed by atoms with Crippen LogP contribution in [0.2, 0.25) is 0 Å². The van der Waals surface area contributed by atoms with Crippen molar-refractivity contribution in [1.82, 2.24) is 0 Å². The van der Waals surface area contributed by atoms with E-state index in [1.807, 2.05) is 6.92 Å². The van der Waals surface area contributed by atoms with Crippen LogP contribution < -0.4 is 0 Å². The summed E-state index contributed by atoms with van der Waals surface area (Å²) in [4.78, 5) is 37.9. The molecule has 1 spiro atoms. The number of carbonyl (C=O) groups is 3. The predicted molar refractivity (Wildman–Crippen MR) is 138 cm³/mol. The second-order valence-electron chi connectivity index (χ2n) is 13.4. The van der Waals surface area contributed by atoms with Gasteiger partial charge in [0.15, 0.2) is 5.78 Å². The minimum absolute atomic E-state index is 0.0471. The Morgan fingerprint density at radius 1 is 1.11 bits per heavy atom. The van der Waals surface area contributed by atoms with Crippen molar-refractivity contribution in [2.24, 2.45) is 23.2 Å². The van der Waals surface area contributed by atoms with Crippen LogP contribution in [0.3, 0.4) is 0 Å². The Hall–Kier alpha value is -1.87. The van der Waals surface area contributed by atoms with Crippen LogP contribution in [0, 0.1) is 23.2 Å². The van der Waals surface area contributed by atoms with E-state index in [1.165, 1.54) is 0 Å². The van der Waals surface area contributed by atoms with Crippen molar-refractivity contribution >= 4 is 17.5 Å². The van der Waals surface area contributed by atoms with E-state index in [1.54, 1.807) is 19.9 Å². The molecule has 8 heteroatoms. The Morgan fingerprint density at radius 3 is 2.45 bits per heavy atom. The molecule has 6 rings (SSSR count). The molecule has 0 radical (unpaired) electrons. The van der Waals surface area contributed by atoms with Gasteiger partial charge in [0.2, 0.25) is 5.79 Å². The molecule has 38 heavy (non-hydrogen) atoms. The van der Waals surface area contributed by atoms with E-state index in [9.17, 15) is 19.5 Å². The predicted octanol–water partition coefficient (Wildman–Crippen LogP) is 4.19. The Bertz CT molecular complexity index is 1080. The smallest absolute Gasteiger partial charge is 0.334 e. The van der Waals surface area contributed by atoms with E-state index in [4.69, 9.17) is 18.9 Å². The number of aliphatic hydroxyl groups is 1. The molecule has 0 aromatic carbocycles. The van der Waals surface area contributed by atoms with Crippen LogP contribution >= 0.6 is 0 Å². The van der Waals surface area contributed by atoms with Crippen LogP contribution in [0.1, 0.15) is 86.0 Å². The van der Waals surface area contributed by atoms with Gasteiger partial charge in [0, 0.05) is 30.8 Å². The zero-order chi connectivity index (χ0) is 27.7. The van der Waals surface area contributed by atoms with Crippen LogP contribution in [0.4, 0.5) is 0 Å². The maximum Gasteiger partial charge on any atom is 0.334 e. The Balaban J connectivity index is 1.20. The fourth-order valence-electron chi connectivity index (χ4n) is 7.76. The average Bonchev–Trinajstić information content (AvgIpc) is 3.20. The maximum absolute atomic E-state index is 13.3. The third kappa shape index (κ3) is 4.14. The molecule has 5 aliphatic heterocycles. The summed E-state index contributed by atoms with van der Waals surface area (Å²) >= 11 is 0. The lowest BCUT2D eigenvalue weighted by Gasteiger charge is -2.65. The van der Waals surface area contributed by atoms with Crippen molar-refractivity contribution in [3.63, 3.8) is 0 Å². The molecule has 210 valence electrons. The molecule has 5 fully saturated rings. The van der Waals surface area contributed by atoms with Gasteiger partial charge in [-0.05, 0) is 76.2 Å². The number of carbonyl (C=O) groups excluding carboxylic acids is 3. The molecule has 8 nitrogen and oxygen atoms in total. The van der Waals surface area contributed by atoms with Crippen molar-refractivity contribution in [1.29, 1.82) is 0 Å². The number of hydrogen-bond acceptors (Lipinski definition) is 8. The standard InChI is InChI=1S/C30H42O8/c1-18-7-9-21(26(2,3)24(18)22(31)15-20-12-14-35-25(20)33)10-8-19-11-13-29(36-17-19)28(6)16-23(32)30(34,38-29)27(4,5)37-28/h12,19,21,24,34H,1,7-11,13-17H2,2-6H3. The number of allylic oxidation sites excluding steroid dienone is 1. The van der Waals surface area contributed by atoms with Crippen molar-refractivity contribution in [2.45, 2.75) is 109 Å². The van der Waals surface area contributed by atoms with E-state index in [0.29, 0.717) is 30.4 Å². The first kappa shape index (κ1) is 27.7. The highest BCUT2D eigenvalue weighted by molar-refractivity contribution is 5.98. The molecule has 0 aromatic rings. The first-order valence-electron chi connectivity index (χ1n) is 14.0. The van der Waals surface area contributed by atoms with Crippen LogP contribution in [-0.2, 0) is 33.3 Å². The van der Waals surface area contributed by atoms with E-state index in [2.05, 4.69) is 20.4 Å². The molecule has 6 unspecified atom stereocenters. The van der Waals surface area contributed by atoms with Crippen molar-refractivity contribution in [3.05, 3.63) is 23.8 Å². The highest BCUT2D eigenvalue weighted by atomic mass is 16.8. The van der Waals surface area contributed by atoms with Gasteiger partial charge in [0.1, 0.15) is 23.6 Å². The van der Waals surface area contributed by atoms with Crippen LogP contribution in [0.25, 0.3) is 0 Å². The van der Waals surface area contributed by atoms with E-state index < -0.39 is 28.7 Å². The lowest BCUT2D eigenvalue weighted by molar-refractivity contribution is -0.496. The van der Waals surface area contributed by atoms with E-state index in [-0.39, 0.29) is 42.3 Å². The van der Waals surface area contributed by atoms with Gasteiger partial charge in [0.25, 0.3) is 5.79 Å². The SMILES string of the molecule is C=C1CCC(CCC2CCC3(OC2)OC2(O)C(=O)CC3(C)OC2(C)C)C(C)(C)C1C(=O)CC1=CCOC1=O. The summed E-state index contributed by atoms with van der Waals surface area (Å²) in [6.45, 7) is 14.5. The second-order valence-corrected chi connectivity index (χ2v) is 13.4. The molecular weight excluding hydrogens is 488 g/mol. The Kier molecular flexibility index (Phi) is 6.62. The van der Waals surface area contributed by atoms with Gasteiger partial charge in [-0.25, -0.2) is 4.79 Å². The number of fused-ring (bicyclic) bond motifs is 2. The molecule has 0 amide bonds. The van der Waals surface area contributed by atoms with Gasteiger partial charge in [-0.3, -0.25) is 9.59 Å². The van der Waals surface area contributed by atoms with Gasteiger partial charge in [-0.2, -0.15) is 0 Å². The number of ketones is 2. The zero-order valence-corrected chi connectivity index (χ0v) is 23.4. The lowest BCUT2D eigenvalue weighted by Crippen LogP contribution is -2.81. The van der Waals surface area contributed by atoms with Gasteiger partial charge in [-0.1, -0.05) is 26.0 Å². The molecule has 1 aliphatic carbocycles. The summed E-state index contributed by atoms with van der Waals surface area (Å²) in [7, 11) is 0. The summed E-state index contributed by atoms with van der Waals surface area (Å²) in [5.74, 6) is -3.50. The highest BCUT2D eigenvalue weighted by Gasteiger charge is 2.74. The summed E-state index contributed by atoms with van der Waals surface area (Å²) in [5.41, 5.74) is -0.959. The number of cyclic esters (lactones) is 1. The Labute approximate surface area is 225 Å². The molecule has 1 N–H and O–H groups in total. The third-order valence-electron chi connectivity index (χ3n) is 10.2. The largest absolute Gasteiger partial charge is 0.458 e. The summed E-state index contributed by atoms with van der Waals surface area (Å²) < 4.78 is 23.7. The molecule has 1 saturated carbocycles. The molecule has 2 bridgehead atoms. The lowest BCUT2D eigenvalue weighted by atomic mass is 9.57. The first-order chi connectivity index (χ1) is 17.6. The molecule has 6 atom stereocenters. The van der Waals surface area contributed by atoms with Crippen LogP contribution in [0.15, 0.2) is 23.8 Å². The summed E-state index contributed by atoms with van der Waals surface area (Å²) in [6.07, 6.45) is 6.93. The quantitative estimate of drug-likeness (QED) is 0.402. The fourth-order valence-corrected chi connectivity index (χ4v) is 7.76. The van der Waals surface area contributed by atoms with Gasteiger partial charge < -0.3 is 24.1 Å². The average molecular weight is 531 g/mol. The Morgan fingerprint density at radius 2 is 1.84 bits per heavy atom. The number of rotatable bonds is 6. The van der Waals surface area contributed by atoms with Gasteiger partial charge >= 0.3 is 5.97 Å². The normalized spacial score (nSPS) is 41.8. The van der Waals surface area contributed by atoms with E-state index >= 15 is 0 Å². The molecule has 0 aromatic heterocycles. The number of esters is 1. The molecule has 6 aliphatic rings.